The topological polar surface area (TPSA) is 40.7 Å². The summed E-state index contributed by atoms with van der Waals surface area (Å²) in [4.78, 5) is 0. The molecule has 2 nitrogen and oxygen atoms in total. The number of hydrogen-bond acceptors (Lipinski definition) is 1. The predicted molar refractivity (Wildman–Crippen MR) is 103 cm³/mol. The molecule has 3 unspecified atom stereocenters. The SMILES string of the molecule is CC1CCC(CCC2CCC(C3CCC(OC(F)(F)F)C(F)C3)CC2)CC1.O. The number of rotatable bonds is 5. The van der Waals surface area contributed by atoms with Gasteiger partial charge >= 0.3 is 6.36 Å². The van der Waals surface area contributed by atoms with Crippen LogP contribution in [0.15, 0.2) is 0 Å². The van der Waals surface area contributed by atoms with Gasteiger partial charge in [0.05, 0.1) is 6.10 Å². The molecule has 166 valence electrons. The van der Waals surface area contributed by atoms with Gasteiger partial charge in [-0.15, -0.1) is 13.2 Å². The normalized spacial score (nSPS) is 40.0. The summed E-state index contributed by atoms with van der Waals surface area (Å²) in [7, 11) is 0. The van der Waals surface area contributed by atoms with Crippen molar-refractivity contribution in [1.82, 2.24) is 0 Å². The third-order valence-corrected chi connectivity index (χ3v) is 7.71. The maximum atomic E-state index is 14.2. The van der Waals surface area contributed by atoms with Crippen LogP contribution >= 0.6 is 0 Å². The number of alkyl halides is 4. The molecular formula is C22H38F4O2. The average Bonchev–Trinajstić information content (AvgIpc) is 2.62. The highest BCUT2D eigenvalue weighted by Crippen LogP contribution is 2.43. The molecule has 3 atom stereocenters. The molecule has 0 heterocycles. The van der Waals surface area contributed by atoms with Gasteiger partial charge in [0.25, 0.3) is 0 Å². The summed E-state index contributed by atoms with van der Waals surface area (Å²) >= 11 is 0. The zero-order valence-corrected chi connectivity index (χ0v) is 17.2. The van der Waals surface area contributed by atoms with Crippen molar-refractivity contribution in [2.75, 3.05) is 0 Å². The summed E-state index contributed by atoms with van der Waals surface area (Å²) in [6.07, 6.45) is 6.64. The third kappa shape index (κ3) is 7.16. The highest BCUT2D eigenvalue weighted by Gasteiger charge is 2.42. The van der Waals surface area contributed by atoms with Crippen LogP contribution in [0.1, 0.15) is 90.4 Å². The molecule has 0 aromatic heterocycles. The van der Waals surface area contributed by atoms with Crippen molar-refractivity contribution in [3.63, 3.8) is 0 Å². The molecule has 6 heteroatoms. The van der Waals surface area contributed by atoms with Crippen LogP contribution in [0.25, 0.3) is 0 Å². The Morgan fingerprint density at radius 2 is 1.25 bits per heavy atom. The fourth-order valence-electron chi connectivity index (χ4n) is 5.89. The van der Waals surface area contributed by atoms with Crippen LogP contribution in [-0.2, 0) is 4.74 Å². The van der Waals surface area contributed by atoms with Crippen molar-refractivity contribution in [1.29, 1.82) is 0 Å². The molecule has 3 aliphatic rings. The minimum atomic E-state index is -4.73. The average molecular weight is 411 g/mol. The van der Waals surface area contributed by atoms with Crippen molar-refractivity contribution in [3.8, 4) is 0 Å². The van der Waals surface area contributed by atoms with Crippen molar-refractivity contribution >= 4 is 0 Å². The van der Waals surface area contributed by atoms with Gasteiger partial charge in [-0.1, -0.05) is 58.3 Å². The number of ether oxygens (including phenoxy) is 1. The summed E-state index contributed by atoms with van der Waals surface area (Å²) in [5, 5.41) is 0. The first-order chi connectivity index (χ1) is 12.8. The first-order valence-corrected chi connectivity index (χ1v) is 11.2. The van der Waals surface area contributed by atoms with Gasteiger partial charge in [0, 0.05) is 0 Å². The van der Waals surface area contributed by atoms with Crippen LogP contribution in [0.4, 0.5) is 17.6 Å². The maximum absolute atomic E-state index is 14.2. The lowest BCUT2D eigenvalue weighted by atomic mass is 9.69. The molecule has 0 aromatic rings. The van der Waals surface area contributed by atoms with E-state index < -0.39 is 18.6 Å². The van der Waals surface area contributed by atoms with E-state index in [1.54, 1.807) is 0 Å². The van der Waals surface area contributed by atoms with Crippen LogP contribution in [0.3, 0.4) is 0 Å². The molecule has 0 amide bonds. The minimum Gasteiger partial charge on any atom is -0.412 e. The van der Waals surface area contributed by atoms with E-state index in [1.165, 1.54) is 51.4 Å². The fourth-order valence-corrected chi connectivity index (χ4v) is 5.89. The lowest BCUT2D eigenvalue weighted by molar-refractivity contribution is -0.352. The summed E-state index contributed by atoms with van der Waals surface area (Å²) < 4.78 is 55.2. The minimum absolute atomic E-state index is 0. The van der Waals surface area contributed by atoms with Crippen molar-refractivity contribution in [2.45, 2.75) is 109 Å². The first kappa shape index (κ1) is 23.9. The Labute approximate surface area is 167 Å². The van der Waals surface area contributed by atoms with Gasteiger partial charge in [-0.25, -0.2) is 4.39 Å². The second-order valence-electron chi connectivity index (χ2n) is 9.68. The van der Waals surface area contributed by atoms with E-state index in [2.05, 4.69) is 11.7 Å². The van der Waals surface area contributed by atoms with Crippen LogP contribution in [-0.4, -0.2) is 24.1 Å². The highest BCUT2D eigenvalue weighted by molar-refractivity contribution is 4.87. The van der Waals surface area contributed by atoms with Gasteiger partial charge in [-0.3, -0.25) is 4.74 Å². The summed E-state index contributed by atoms with van der Waals surface area (Å²) in [5.41, 5.74) is 0. The Morgan fingerprint density at radius 3 is 1.75 bits per heavy atom. The van der Waals surface area contributed by atoms with E-state index in [1.807, 2.05) is 0 Å². The summed E-state index contributed by atoms with van der Waals surface area (Å²) in [6.45, 7) is 2.36. The van der Waals surface area contributed by atoms with E-state index in [4.69, 9.17) is 0 Å². The molecular weight excluding hydrogens is 372 g/mol. The molecule has 0 aromatic carbocycles. The highest BCUT2D eigenvalue weighted by atomic mass is 19.4. The molecule has 3 aliphatic carbocycles. The van der Waals surface area contributed by atoms with Crippen LogP contribution < -0.4 is 0 Å². The molecule has 3 fully saturated rings. The molecule has 0 aliphatic heterocycles. The van der Waals surface area contributed by atoms with Crippen LogP contribution in [0.2, 0.25) is 0 Å². The van der Waals surface area contributed by atoms with Crippen molar-refractivity contribution < 1.29 is 27.8 Å². The second kappa shape index (κ2) is 10.6. The molecule has 0 spiro atoms. The molecule has 2 N–H and O–H groups in total. The molecule has 3 saturated carbocycles. The standard InChI is InChI=1S/C22H36F4O.H2O/c1-15-2-4-16(5-3-15)6-7-17-8-10-18(11-9-17)19-12-13-21(20(23)14-19)27-22(24,25)26;/h15-21H,2-14H2,1H3;1H2. The van der Waals surface area contributed by atoms with Gasteiger partial charge in [0.15, 0.2) is 0 Å². The van der Waals surface area contributed by atoms with Crippen molar-refractivity contribution in [3.05, 3.63) is 0 Å². The molecule has 28 heavy (non-hydrogen) atoms. The zero-order chi connectivity index (χ0) is 19.4. The van der Waals surface area contributed by atoms with E-state index >= 15 is 0 Å². The van der Waals surface area contributed by atoms with E-state index in [-0.39, 0.29) is 24.2 Å². The smallest absolute Gasteiger partial charge is 0.412 e. The lowest BCUT2D eigenvalue weighted by Crippen LogP contribution is -2.39. The van der Waals surface area contributed by atoms with Crippen LogP contribution in [0, 0.1) is 29.6 Å². The Hall–Kier alpha value is -0.360. The molecule has 0 saturated heterocycles. The predicted octanol–water partition coefficient (Wildman–Crippen LogP) is 6.62. The van der Waals surface area contributed by atoms with Crippen LogP contribution in [0.5, 0.6) is 0 Å². The summed E-state index contributed by atoms with van der Waals surface area (Å²) in [5.74, 6) is 3.39. The summed E-state index contributed by atoms with van der Waals surface area (Å²) in [6, 6.07) is 0. The maximum Gasteiger partial charge on any atom is 0.522 e. The number of hydrogen-bond donors (Lipinski definition) is 0. The molecule has 3 rings (SSSR count). The third-order valence-electron chi connectivity index (χ3n) is 7.71. The van der Waals surface area contributed by atoms with Crippen molar-refractivity contribution in [2.24, 2.45) is 29.6 Å². The quantitative estimate of drug-likeness (QED) is 0.470. The van der Waals surface area contributed by atoms with E-state index in [0.717, 1.165) is 30.6 Å². The Kier molecular flexibility index (Phi) is 9.06. The van der Waals surface area contributed by atoms with E-state index in [9.17, 15) is 17.6 Å². The van der Waals surface area contributed by atoms with Gasteiger partial charge < -0.3 is 5.48 Å². The monoisotopic (exact) mass is 410 g/mol. The Bertz CT molecular complexity index is 440. The lowest BCUT2D eigenvalue weighted by Gasteiger charge is -2.39. The zero-order valence-electron chi connectivity index (χ0n) is 17.2. The second-order valence-corrected chi connectivity index (χ2v) is 9.68. The molecule has 0 radical (unpaired) electrons. The fraction of sp³-hybridized carbons (Fsp3) is 1.00. The van der Waals surface area contributed by atoms with Gasteiger partial charge in [0.2, 0.25) is 0 Å². The van der Waals surface area contributed by atoms with Gasteiger partial charge in [-0.2, -0.15) is 0 Å². The Morgan fingerprint density at radius 1 is 0.750 bits per heavy atom. The van der Waals surface area contributed by atoms with E-state index in [0.29, 0.717) is 12.3 Å². The largest absolute Gasteiger partial charge is 0.522 e. The van der Waals surface area contributed by atoms with Gasteiger partial charge in [-0.05, 0) is 61.7 Å². The Balaban J connectivity index is 0.00000280. The number of halogens is 4. The molecule has 0 bridgehead atoms. The van der Waals surface area contributed by atoms with Gasteiger partial charge in [0.1, 0.15) is 6.17 Å². The first-order valence-electron chi connectivity index (χ1n) is 11.2.